The fourth-order valence-corrected chi connectivity index (χ4v) is 2.11. The summed E-state index contributed by atoms with van der Waals surface area (Å²) in [4.78, 5) is 16.0. The quantitative estimate of drug-likeness (QED) is 0.661. The van der Waals surface area contributed by atoms with Crippen LogP contribution in [0, 0.1) is 0 Å². The Kier molecular flexibility index (Phi) is 3.17. The van der Waals surface area contributed by atoms with Crippen molar-refractivity contribution in [3.63, 3.8) is 0 Å². The second-order valence-electron chi connectivity index (χ2n) is 3.88. The van der Waals surface area contributed by atoms with E-state index in [2.05, 4.69) is 4.98 Å². The van der Waals surface area contributed by atoms with Crippen molar-refractivity contribution in [1.82, 2.24) is 4.98 Å². The third-order valence-electron chi connectivity index (χ3n) is 2.38. The smallest absolute Gasteiger partial charge is 0.206 e. The van der Waals surface area contributed by atoms with Gasteiger partial charge in [0.05, 0.1) is 15.3 Å². The Balaban J connectivity index is 2.39. The van der Waals surface area contributed by atoms with E-state index in [1.165, 1.54) is 17.5 Å². The molecule has 0 fully saturated rings. The maximum atomic E-state index is 12.1. The Labute approximate surface area is 108 Å². The number of rotatable bonds is 2. The molecule has 0 spiro atoms. The van der Waals surface area contributed by atoms with E-state index in [1.54, 1.807) is 29.8 Å². The van der Waals surface area contributed by atoms with E-state index in [0.29, 0.717) is 16.1 Å². The van der Waals surface area contributed by atoms with Gasteiger partial charge >= 0.3 is 0 Å². The summed E-state index contributed by atoms with van der Waals surface area (Å²) in [6, 6.07) is 0. The average Bonchev–Trinajstić information content (AvgIpc) is 2.75. The van der Waals surface area contributed by atoms with Crippen LogP contribution in [0.2, 0.25) is 0 Å². The Bertz CT molecular complexity index is 527. The van der Waals surface area contributed by atoms with Crippen LogP contribution in [0.4, 0.5) is 0 Å². The Morgan fingerprint density at radius 3 is 2.82 bits per heavy atom. The van der Waals surface area contributed by atoms with E-state index >= 15 is 0 Å². The minimum atomic E-state index is -0.611. The molecular formula is C12H11ClN2OS. The van der Waals surface area contributed by atoms with Crippen molar-refractivity contribution >= 4 is 28.7 Å². The molecule has 17 heavy (non-hydrogen) atoms. The normalized spacial score (nSPS) is 23.9. The molecule has 88 valence electrons. The largest absolute Gasteiger partial charge is 0.398 e. The van der Waals surface area contributed by atoms with Gasteiger partial charge in [0.15, 0.2) is 0 Å². The van der Waals surface area contributed by atoms with Gasteiger partial charge in [-0.1, -0.05) is 18.2 Å². The van der Waals surface area contributed by atoms with Gasteiger partial charge in [-0.3, -0.25) is 9.78 Å². The lowest BCUT2D eigenvalue weighted by atomic mass is 10.1. The highest BCUT2D eigenvalue weighted by Gasteiger charge is 2.20. The molecule has 0 radical (unpaired) electrons. The van der Waals surface area contributed by atoms with Crippen LogP contribution < -0.4 is 5.73 Å². The zero-order chi connectivity index (χ0) is 12.5. The van der Waals surface area contributed by atoms with Gasteiger partial charge in [0.1, 0.15) is 0 Å². The van der Waals surface area contributed by atoms with Gasteiger partial charge in [0.25, 0.3) is 0 Å². The number of nitrogens with two attached hydrogens (primary N) is 1. The van der Waals surface area contributed by atoms with Gasteiger partial charge in [-0.05, 0) is 13.0 Å². The van der Waals surface area contributed by atoms with Crippen LogP contribution in [0.25, 0.3) is 0 Å². The first-order valence-electron chi connectivity index (χ1n) is 5.00. The first-order valence-corrected chi connectivity index (χ1v) is 6.26. The molecule has 1 aromatic heterocycles. The van der Waals surface area contributed by atoms with Crippen LogP contribution in [0.3, 0.4) is 0 Å². The maximum absolute atomic E-state index is 12.1. The fraction of sp³-hybridized carbons (Fsp3) is 0.167. The molecule has 5 heteroatoms. The molecule has 0 aromatic carbocycles. The molecule has 0 amide bonds. The van der Waals surface area contributed by atoms with Crippen molar-refractivity contribution < 1.29 is 4.79 Å². The molecule has 1 aliphatic carbocycles. The number of ketones is 1. The van der Waals surface area contributed by atoms with Crippen LogP contribution in [0.1, 0.15) is 16.6 Å². The monoisotopic (exact) mass is 266 g/mol. The lowest BCUT2D eigenvalue weighted by molar-refractivity contribution is 0.104. The first-order chi connectivity index (χ1) is 7.99. The number of nitrogens with zero attached hydrogens (tertiary/aromatic N) is 1. The standard InChI is InChI=1S/C12H11ClN2OS/c1-12(13)4-2-8(9(14)3-5-12)11(16)10-6-15-7-17-10/h2-7H,14H2,1H3. The molecule has 2 rings (SSSR count). The predicted octanol–water partition coefficient (Wildman–Crippen LogP) is 2.66. The van der Waals surface area contributed by atoms with Gasteiger partial charge in [0.2, 0.25) is 5.78 Å². The van der Waals surface area contributed by atoms with Gasteiger partial charge in [-0.15, -0.1) is 22.9 Å². The molecule has 3 nitrogen and oxygen atoms in total. The minimum absolute atomic E-state index is 0.125. The molecule has 0 saturated carbocycles. The molecule has 1 unspecified atom stereocenters. The number of halogens is 1. The zero-order valence-corrected chi connectivity index (χ0v) is 10.8. The zero-order valence-electron chi connectivity index (χ0n) is 9.18. The van der Waals surface area contributed by atoms with Gasteiger partial charge in [0, 0.05) is 17.5 Å². The maximum Gasteiger partial charge on any atom is 0.206 e. The van der Waals surface area contributed by atoms with Crippen LogP contribution >= 0.6 is 22.9 Å². The number of carbonyl (C=O) groups is 1. The lowest BCUT2D eigenvalue weighted by Crippen LogP contribution is -2.07. The summed E-state index contributed by atoms with van der Waals surface area (Å²) in [6.07, 6.45) is 8.38. The summed E-state index contributed by atoms with van der Waals surface area (Å²) in [7, 11) is 0. The van der Waals surface area contributed by atoms with Crippen molar-refractivity contribution in [3.8, 4) is 0 Å². The summed E-state index contributed by atoms with van der Waals surface area (Å²) >= 11 is 7.45. The SMILES string of the molecule is CC1(Cl)C=CC(N)=C(C(=O)c2cncs2)C=C1. The highest BCUT2D eigenvalue weighted by atomic mass is 35.5. The van der Waals surface area contributed by atoms with Crippen molar-refractivity contribution in [3.05, 3.63) is 52.2 Å². The Hall–Kier alpha value is -1.39. The lowest BCUT2D eigenvalue weighted by Gasteiger charge is -2.08. The predicted molar refractivity (Wildman–Crippen MR) is 70.2 cm³/mol. The van der Waals surface area contributed by atoms with Crippen molar-refractivity contribution in [2.45, 2.75) is 11.8 Å². The van der Waals surface area contributed by atoms with E-state index in [-0.39, 0.29) is 5.78 Å². The Morgan fingerprint density at radius 2 is 2.18 bits per heavy atom. The van der Waals surface area contributed by atoms with Crippen molar-refractivity contribution in [2.24, 2.45) is 5.73 Å². The molecular weight excluding hydrogens is 256 g/mol. The number of allylic oxidation sites excluding steroid dienone is 5. The number of alkyl halides is 1. The molecule has 1 atom stereocenters. The molecule has 0 bridgehead atoms. The van der Waals surface area contributed by atoms with Crippen LogP contribution in [-0.2, 0) is 0 Å². The van der Waals surface area contributed by atoms with Gasteiger partial charge in [-0.25, -0.2) is 0 Å². The molecule has 0 aliphatic heterocycles. The summed E-state index contributed by atoms with van der Waals surface area (Å²) in [6.45, 7) is 1.83. The minimum Gasteiger partial charge on any atom is -0.398 e. The Morgan fingerprint density at radius 1 is 1.47 bits per heavy atom. The van der Waals surface area contributed by atoms with E-state index in [4.69, 9.17) is 17.3 Å². The summed E-state index contributed by atoms with van der Waals surface area (Å²) in [5.74, 6) is -0.125. The number of hydrogen-bond acceptors (Lipinski definition) is 4. The number of thiazole rings is 1. The van der Waals surface area contributed by atoms with Crippen LogP contribution in [0.5, 0.6) is 0 Å². The number of aromatic nitrogens is 1. The number of carbonyl (C=O) groups excluding carboxylic acids is 1. The number of hydrogen-bond donors (Lipinski definition) is 1. The summed E-state index contributed by atoms with van der Waals surface area (Å²) in [5, 5.41) is 0. The highest BCUT2D eigenvalue weighted by molar-refractivity contribution is 7.11. The first kappa shape index (κ1) is 12.1. The van der Waals surface area contributed by atoms with Crippen molar-refractivity contribution in [2.75, 3.05) is 0 Å². The van der Waals surface area contributed by atoms with E-state index in [9.17, 15) is 4.79 Å². The van der Waals surface area contributed by atoms with E-state index in [0.717, 1.165) is 0 Å². The van der Waals surface area contributed by atoms with Gasteiger partial charge < -0.3 is 5.73 Å². The second-order valence-corrected chi connectivity index (χ2v) is 5.58. The third-order valence-corrected chi connectivity index (χ3v) is 3.40. The van der Waals surface area contributed by atoms with E-state index < -0.39 is 4.87 Å². The van der Waals surface area contributed by atoms with E-state index in [1.807, 2.05) is 6.92 Å². The molecule has 1 heterocycles. The van der Waals surface area contributed by atoms with Crippen LogP contribution in [0.15, 0.2) is 47.3 Å². The molecule has 1 aromatic rings. The molecule has 0 saturated heterocycles. The summed E-state index contributed by atoms with van der Waals surface area (Å²) < 4.78 is 0. The third kappa shape index (κ3) is 2.65. The van der Waals surface area contributed by atoms with Gasteiger partial charge in [-0.2, -0.15) is 0 Å². The topological polar surface area (TPSA) is 56.0 Å². The fourth-order valence-electron chi connectivity index (χ4n) is 1.41. The summed E-state index contributed by atoms with van der Waals surface area (Å²) in [5.41, 5.74) is 8.34. The average molecular weight is 267 g/mol. The van der Waals surface area contributed by atoms with Crippen molar-refractivity contribution in [1.29, 1.82) is 0 Å². The second kappa shape index (κ2) is 4.47. The number of Topliss-reactive ketones (excluding diaryl/α,β-unsaturated/α-hetero) is 1. The molecule has 1 aliphatic rings. The molecule has 2 N–H and O–H groups in total. The van der Waals surface area contributed by atoms with Crippen LogP contribution in [-0.4, -0.2) is 15.6 Å². The highest BCUT2D eigenvalue weighted by Crippen LogP contribution is 2.25.